The third kappa shape index (κ3) is 2.52. The predicted molar refractivity (Wildman–Crippen MR) is 118 cm³/mol. The number of anilines is 1. The van der Waals surface area contributed by atoms with Crippen molar-refractivity contribution in [3.05, 3.63) is 118 Å². The van der Waals surface area contributed by atoms with Crippen LogP contribution in [0.25, 0.3) is 11.4 Å². The van der Waals surface area contributed by atoms with Gasteiger partial charge in [-0.05, 0) is 37.3 Å². The van der Waals surface area contributed by atoms with E-state index in [0.29, 0.717) is 39.6 Å². The summed E-state index contributed by atoms with van der Waals surface area (Å²) in [7, 11) is 0. The van der Waals surface area contributed by atoms with Gasteiger partial charge in [-0.3, -0.25) is 4.79 Å². The molecule has 0 saturated carbocycles. The van der Waals surface area contributed by atoms with Crippen LogP contribution in [0.5, 0.6) is 0 Å². The molecule has 6 rings (SSSR count). The molecule has 156 valence electrons. The second-order valence-corrected chi connectivity index (χ2v) is 7.98. The van der Waals surface area contributed by atoms with Crippen LogP contribution in [0.4, 0.5) is 14.6 Å². The number of aryl methyl sites for hydroxylation is 1. The van der Waals surface area contributed by atoms with Gasteiger partial charge in [-0.1, -0.05) is 42.5 Å². The van der Waals surface area contributed by atoms with Crippen molar-refractivity contribution in [2.75, 3.05) is 5.32 Å². The molecule has 0 radical (unpaired) electrons. The van der Waals surface area contributed by atoms with E-state index in [-0.39, 0.29) is 17.4 Å². The molecule has 0 amide bonds. The van der Waals surface area contributed by atoms with Crippen LogP contribution in [-0.4, -0.2) is 15.6 Å². The summed E-state index contributed by atoms with van der Waals surface area (Å²) in [5.41, 5.74) is 5.04. The maximum Gasteiger partial charge on any atom is 0.192 e. The highest BCUT2D eigenvalue weighted by molar-refractivity contribution is 6.24. The molecule has 0 fully saturated rings. The highest BCUT2D eigenvalue weighted by Gasteiger charge is 2.43. The molecule has 2 aliphatic rings. The molecule has 0 saturated heterocycles. The molecule has 1 atom stereocenters. The third-order valence-electron chi connectivity index (χ3n) is 6.17. The maximum absolute atomic E-state index is 15.1. The number of benzene rings is 3. The lowest BCUT2D eigenvalue weighted by Gasteiger charge is -2.27. The molecule has 0 unspecified atom stereocenters. The fourth-order valence-corrected chi connectivity index (χ4v) is 4.77. The van der Waals surface area contributed by atoms with Gasteiger partial charge in [-0.25, -0.2) is 13.5 Å². The van der Waals surface area contributed by atoms with Gasteiger partial charge in [0.25, 0.3) is 0 Å². The fraction of sp³-hybridized carbons (Fsp3) is 0.0769. The standard InChI is InChI=1S/C26H17F2N3O/c1-14-21-22(19-8-4-5-9-20(19)28)23-24(17-6-2-3-7-18(17)25(23)32)29-26(21)31(30-14)16-12-10-15(27)11-13-16/h2-13,22,29H,1H3/t22-/m0/s1. The van der Waals surface area contributed by atoms with Crippen molar-refractivity contribution < 1.29 is 13.6 Å². The zero-order valence-electron chi connectivity index (χ0n) is 17.1. The van der Waals surface area contributed by atoms with Gasteiger partial charge in [-0.2, -0.15) is 5.10 Å². The molecule has 1 aliphatic carbocycles. The van der Waals surface area contributed by atoms with Gasteiger partial charge in [0.2, 0.25) is 0 Å². The van der Waals surface area contributed by atoms with E-state index in [9.17, 15) is 9.18 Å². The van der Waals surface area contributed by atoms with Crippen LogP contribution in [0.1, 0.15) is 38.7 Å². The zero-order chi connectivity index (χ0) is 22.0. The molecular formula is C26H17F2N3O. The minimum Gasteiger partial charge on any atom is -0.339 e. The summed E-state index contributed by atoms with van der Waals surface area (Å²) in [5, 5.41) is 8.09. The number of Topliss-reactive ketones (excluding diaryl/α,β-unsaturated/α-hetero) is 1. The number of fused-ring (bicyclic) bond motifs is 3. The highest BCUT2D eigenvalue weighted by atomic mass is 19.1. The average Bonchev–Trinajstić information content (AvgIpc) is 3.29. The topological polar surface area (TPSA) is 46.9 Å². The number of carbonyl (C=O) groups is 1. The molecule has 1 aliphatic heterocycles. The van der Waals surface area contributed by atoms with Crippen LogP contribution in [0.15, 0.2) is 78.4 Å². The van der Waals surface area contributed by atoms with Crippen LogP contribution in [0.2, 0.25) is 0 Å². The lowest BCUT2D eigenvalue weighted by Crippen LogP contribution is -2.20. The summed E-state index contributed by atoms with van der Waals surface area (Å²) in [6.45, 7) is 1.84. The van der Waals surface area contributed by atoms with Crippen molar-refractivity contribution in [2.24, 2.45) is 0 Å². The predicted octanol–water partition coefficient (Wildman–Crippen LogP) is 5.62. The average molecular weight is 425 g/mol. The second-order valence-electron chi connectivity index (χ2n) is 7.98. The molecular weight excluding hydrogens is 408 g/mol. The van der Waals surface area contributed by atoms with E-state index in [2.05, 4.69) is 10.4 Å². The Morgan fingerprint density at radius 3 is 2.34 bits per heavy atom. The van der Waals surface area contributed by atoms with Gasteiger partial charge in [-0.15, -0.1) is 0 Å². The lowest BCUT2D eigenvalue weighted by molar-refractivity contribution is 0.103. The summed E-state index contributed by atoms with van der Waals surface area (Å²) < 4.78 is 30.3. The normalized spacial score (nSPS) is 16.5. The number of rotatable bonds is 2. The van der Waals surface area contributed by atoms with E-state index < -0.39 is 5.92 Å². The molecule has 2 heterocycles. The van der Waals surface area contributed by atoms with Crippen molar-refractivity contribution in [1.29, 1.82) is 0 Å². The van der Waals surface area contributed by atoms with Crippen molar-refractivity contribution in [2.45, 2.75) is 12.8 Å². The summed E-state index contributed by atoms with van der Waals surface area (Å²) in [4.78, 5) is 13.5. The zero-order valence-corrected chi connectivity index (χ0v) is 17.1. The second kappa shape index (κ2) is 6.72. The van der Waals surface area contributed by atoms with Gasteiger partial charge in [0, 0.05) is 33.7 Å². The van der Waals surface area contributed by atoms with E-state index in [0.717, 1.165) is 11.1 Å². The van der Waals surface area contributed by atoms with E-state index in [1.165, 1.54) is 18.2 Å². The van der Waals surface area contributed by atoms with Crippen LogP contribution in [-0.2, 0) is 0 Å². The lowest BCUT2D eigenvalue weighted by atomic mass is 9.80. The van der Waals surface area contributed by atoms with Crippen molar-refractivity contribution in [3.8, 4) is 5.69 Å². The number of nitrogens with zero attached hydrogens (tertiary/aromatic N) is 2. The SMILES string of the molecule is Cc1nn(-c2ccc(F)cc2)c2c1[C@H](c1ccccc1F)C1=C(N2)c2ccccc2C1=O. The first-order chi connectivity index (χ1) is 15.5. The number of hydrogen-bond donors (Lipinski definition) is 1. The smallest absolute Gasteiger partial charge is 0.192 e. The number of halogens is 2. The van der Waals surface area contributed by atoms with Crippen molar-refractivity contribution in [1.82, 2.24) is 9.78 Å². The Bertz CT molecular complexity index is 1450. The molecule has 1 N–H and O–H groups in total. The number of ketones is 1. The number of aromatic nitrogens is 2. The van der Waals surface area contributed by atoms with E-state index in [1.54, 1.807) is 41.1 Å². The van der Waals surface area contributed by atoms with Gasteiger partial charge < -0.3 is 5.32 Å². The first kappa shape index (κ1) is 18.7. The van der Waals surface area contributed by atoms with E-state index in [4.69, 9.17) is 0 Å². The minimum absolute atomic E-state index is 0.115. The molecule has 0 spiro atoms. The number of nitrogens with one attached hydrogen (secondary N) is 1. The maximum atomic E-state index is 15.1. The van der Waals surface area contributed by atoms with Crippen LogP contribution in [0.3, 0.4) is 0 Å². The molecule has 4 nitrogen and oxygen atoms in total. The molecule has 0 bridgehead atoms. The van der Waals surface area contributed by atoms with Gasteiger partial charge in [0.1, 0.15) is 17.5 Å². The summed E-state index contributed by atoms with van der Waals surface area (Å²) in [5.74, 6) is -0.808. The molecule has 1 aromatic heterocycles. The summed E-state index contributed by atoms with van der Waals surface area (Å²) in [6, 6.07) is 19.9. The van der Waals surface area contributed by atoms with Crippen LogP contribution >= 0.6 is 0 Å². The monoisotopic (exact) mass is 425 g/mol. The van der Waals surface area contributed by atoms with E-state index >= 15 is 4.39 Å². The first-order valence-corrected chi connectivity index (χ1v) is 10.3. The number of carbonyl (C=O) groups excluding carboxylic acids is 1. The van der Waals surface area contributed by atoms with Crippen LogP contribution in [0, 0.1) is 18.6 Å². The summed E-state index contributed by atoms with van der Waals surface area (Å²) in [6.07, 6.45) is 0. The third-order valence-corrected chi connectivity index (χ3v) is 6.17. The largest absolute Gasteiger partial charge is 0.339 e. The Morgan fingerprint density at radius 1 is 0.906 bits per heavy atom. The Labute approximate surface area is 182 Å². The molecule has 4 aromatic rings. The van der Waals surface area contributed by atoms with E-state index in [1.807, 2.05) is 25.1 Å². The summed E-state index contributed by atoms with van der Waals surface area (Å²) >= 11 is 0. The molecule has 32 heavy (non-hydrogen) atoms. The van der Waals surface area contributed by atoms with Gasteiger partial charge >= 0.3 is 0 Å². The quantitative estimate of drug-likeness (QED) is 0.453. The van der Waals surface area contributed by atoms with Gasteiger partial charge in [0.15, 0.2) is 5.78 Å². The highest BCUT2D eigenvalue weighted by Crippen LogP contribution is 2.51. The number of allylic oxidation sites excluding steroid dienone is 1. The fourth-order valence-electron chi connectivity index (χ4n) is 4.77. The van der Waals surface area contributed by atoms with Crippen molar-refractivity contribution in [3.63, 3.8) is 0 Å². The minimum atomic E-state index is -0.614. The van der Waals surface area contributed by atoms with Crippen LogP contribution < -0.4 is 5.32 Å². The van der Waals surface area contributed by atoms with Crippen molar-refractivity contribution >= 4 is 17.3 Å². The van der Waals surface area contributed by atoms with Gasteiger partial charge in [0.05, 0.1) is 17.1 Å². The Kier molecular flexibility index (Phi) is 3.92. The molecule has 6 heteroatoms. The Hall–Kier alpha value is -4.06. The Balaban J connectivity index is 1.65. The number of hydrogen-bond acceptors (Lipinski definition) is 3. The molecule has 3 aromatic carbocycles. The first-order valence-electron chi connectivity index (χ1n) is 10.3. The Morgan fingerprint density at radius 2 is 1.59 bits per heavy atom.